The number of hydrogen-bond acceptors (Lipinski definition) is 3. The van der Waals surface area contributed by atoms with Gasteiger partial charge in [0.25, 0.3) is 0 Å². The molecule has 0 radical (unpaired) electrons. The first-order chi connectivity index (χ1) is 7.72. The monoisotopic (exact) mass is 256 g/mol. The standard InChI is InChI=1S/C12H16N2O2.ClH/c1-13-7-11(16)14-12-9-5-3-2-4-8(9)6-10(12)15;/h2-5,10,12-13,15H,6-7H2,1H3,(H,14,16);1H/t10-,12+;/m1./s1. The third-order valence-electron chi connectivity index (χ3n) is 2.86. The molecule has 1 aliphatic rings. The second-order valence-corrected chi connectivity index (χ2v) is 4.05. The van der Waals surface area contributed by atoms with Crippen LogP contribution < -0.4 is 10.6 Å². The predicted octanol–water partition coefficient (Wildman–Crippen LogP) is 0.402. The Morgan fingerprint density at radius 1 is 1.47 bits per heavy atom. The summed E-state index contributed by atoms with van der Waals surface area (Å²) in [5.74, 6) is -0.0942. The van der Waals surface area contributed by atoms with Crippen molar-refractivity contribution < 1.29 is 9.90 Å². The Hall–Kier alpha value is -1.10. The van der Waals surface area contributed by atoms with Gasteiger partial charge in [0.2, 0.25) is 5.91 Å². The molecule has 1 aromatic carbocycles. The predicted molar refractivity (Wildman–Crippen MR) is 68.2 cm³/mol. The molecule has 0 aliphatic heterocycles. The Kier molecular flexibility index (Phi) is 4.93. The van der Waals surface area contributed by atoms with Gasteiger partial charge in [-0.2, -0.15) is 0 Å². The maximum absolute atomic E-state index is 11.5. The number of carbonyl (C=O) groups excluding carboxylic acids is 1. The molecule has 1 aliphatic carbocycles. The van der Waals surface area contributed by atoms with E-state index in [0.29, 0.717) is 6.42 Å². The molecule has 0 fully saturated rings. The number of hydrogen-bond donors (Lipinski definition) is 3. The molecule has 0 heterocycles. The molecule has 0 spiro atoms. The van der Waals surface area contributed by atoms with E-state index >= 15 is 0 Å². The van der Waals surface area contributed by atoms with E-state index in [1.807, 2.05) is 24.3 Å². The molecule has 3 N–H and O–H groups in total. The van der Waals surface area contributed by atoms with Gasteiger partial charge in [0.05, 0.1) is 18.7 Å². The van der Waals surface area contributed by atoms with Crippen LogP contribution in [0.5, 0.6) is 0 Å². The van der Waals surface area contributed by atoms with Crippen molar-refractivity contribution >= 4 is 18.3 Å². The Bertz CT molecular complexity index is 398. The summed E-state index contributed by atoms with van der Waals surface area (Å²) in [7, 11) is 1.72. The summed E-state index contributed by atoms with van der Waals surface area (Å²) in [6, 6.07) is 7.55. The van der Waals surface area contributed by atoms with Crippen LogP contribution in [0.15, 0.2) is 24.3 Å². The van der Waals surface area contributed by atoms with E-state index in [9.17, 15) is 9.90 Å². The number of aliphatic hydroxyl groups excluding tert-OH is 1. The van der Waals surface area contributed by atoms with Crippen LogP contribution in [0.25, 0.3) is 0 Å². The molecule has 4 nitrogen and oxygen atoms in total. The lowest BCUT2D eigenvalue weighted by Gasteiger charge is -2.17. The van der Waals surface area contributed by atoms with Gasteiger partial charge >= 0.3 is 0 Å². The Morgan fingerprint density at radius 3 is 2.88 bits per heavy atom. The van der Waals surface area contributed by atoms with E-state index < -0.39 is 6.10 Å². The molecule has 0 saturated heterocycles. The van der Waals surface area contributed by atoms with Crippen molar-refractivity contribution in [2.24, 2.45) is 0 Å². The van der Waals surface area contributed by atoms with E-state index in [2.05, 4.69) is 10.6 Å². The lowest BCUT2D eigenvalue weighted by molar-refractivity contribution is -0.121. The molecule has 0 unspecified atom stereocenters. The normalized spacial score (nSPS) is 21.5. The smallest absolute Gasteiger partial charge is 0.234 e. The van der Waals surface area contributed by atoms with Gasteiger partial charge in [-0.05, 0) is 18.2 Å². The molecular weight excluding hydrogens is 240 g/mol. The molecule has 2 atom stereocenters. The van der Waals surface area contributed by atoms with Gasteiger partial charge in [-0.1, -0.05) is 24.3 Å². The van der Waals surface area contributed by atoms with Gasteiger partial charge in [0, 0.05) is 6.42 Å². The number of fused-ring (bicyclic) bond motifs is 1. The van der Waals surface area contributed by atoms with Gasteiger partial charge in [-0.3, -0.25) is 4.79 Å². The fourth-order valence-electron chi connectivity index (χ4n) is 2.13. The maximum atomic E-state index is 11.5. The van der Waals surface area contributed by atoms with Crippen molar-refractivity contribution in [3.05, 3.63) is 35.4 Å². The van der Waals surface area contributed by atoms with Crippen LogP contribution in [0.2, 0.25) is 0 Å². The first-order valence-corrected chi connectivity index (χ1v) is 5.42. The number of likely N-dealkylation sites (N-methyl/N-ethyl adjacent to an activating group) is 1. The first kappa shape index (κ1) is 14.0. The topological polar surface area (TPSA) is 61.4 Å². The second-order valence-electron chi connectivity index (χ2n) is 4.05. The largest absolute Gasteiger partial charge is 0.390 e. The average Bonchev–Trinajstić information content (AvgIpc) is 2.56. The van der Waals surface area contributed by atoms with Crippen LogP contribution >= 0.6 is 12.4 Å². The molecule has 0 saturated carbocycles. The molecule has 1 amide bonds. The fourth-order valence-corrected chi connectivity index (χ4v) is 2.13. The Labute approximate surface area is 107 Å². The van der Waals surface area contributed by atoms with Gasteiger partial charge in [0.1, 0.15) is 0 Å². The van der Waals surface area contributed by atoms with Crippen LogP contribution in [0.3, 0.4) is 0 Å². The van der Waals surface area contributed by atoms with E-state index in [-0.39, 0.29) is 30.9 Å². The van der Waals surface area contributed by atoms with Crippen molar-refractivity contribution in [3.8, 4) is 0 Å². The quantitative estimate of drug-likeness (QED) is 0.734. The number of halogens is 1. The highest BCUT2D eigenvalue weighted by Crippen LogP contribution is 2.30. The van der Waals surface area contributed by atoms with Gasteiger partial charge in [-0.15, -0.1) is 12.4 Å². The Balaban J connectivity index is 0.00000144. The molecule has 94 valence electrons. The summed E-state index contributed by atoms with van der Waals surface area (Å²) >= 11 is 0. The second kappa shape index (κ2) is 6.00. The number of benzene rings is 1. The van der Waals surface area contributed by atoms with E-state index in [0.717, 1.165) is 11.1 Å². The number of amides is 1. The van der Waals surface area contributed by atoms with Crippen LogP contribution in [-0.2, 0) is 11.2 Å². The van der Waals surface area contributed by atoms with Crippen molar-refractivity contribution in [1.29, 1.82) is 0 Å². The zero-order valence-corrected chi connectivity index (χ0v) is 10.5. The minimum absolute atomic E-state index is 0. The van der Waals surface area contributed by atoms with Gasteiger partial charge < -0.3 is 15.7 Å². The summed E-state index contributed by atoms with van der Waals surface area (Å²) in [6.45, 7) is 0.269. The summed E-state index contributed by atoms with van der Waals surface area (Å²) in [5.41, 5.74) is 2.14. The molecule has 2 rings (SSSR count). The fraction of sp³-hybridized carbons (Fsp3) is 0.417. The van der Waals surface area contributed by atoms with E-state index in [4.69, 9.17) is 0 Å². The van der Waals surface area contributed by atoms with E-state index in [1.165, 1.54) is 0 Å². The molecule has 17 heavy (non-hydrogen) atoms. The zero-order chi connectivity index (χ0) is 11.5. The highest BCUT2D eigenvalue weighted by atomic mass is 35.5. The average molecular weight is 257 g/mol. The lowest BCUT2D eigenvalue weighted by Crippen LogP contribution is -2.38. The van der Waals surface area contributed by atoms with Crippen LogP contribution in [0.1, 0.15) is 17.2 Å². The maximum Gasteiger partial charge on any atom is 0.234 e. The summed E-state index contributed by atoms with van der Waals surface area (Å²) < 4.78 is 0. The van der Waals surface area contributed by atoms with Crippen molar-refractivity contribution in [3.63, 3.8) is 0 Å². The molecule has 5 heteroatoms. The zero-order valence-electron chi connectivity index (χ0n) is 9.64. The summed E-state index contributed by atoms with van der Waals surface area (Å²) in [5, 5.41) is 15.5. The number of carbonyl (C=O) groups is 1. The first-order valence-electron chi connectivity index (χ1n) is 5.42. The molecule has 1 aromatic rings. The highest BCUT2D eigenvalue weighted by molar-refractivity contribution is 5.85. The van der Waals surface area contributed by atoms with Crippen LogP contribution in [0.4, 0.5) is 0 Å². The number of rotatable bonds is 3. The van der Waals surface area contributed by atoms with Crippen molar-refractivity contribution in [2.45, 2.75) is 18.6 Å². The van der Waals surface area contributed by atoms with Crippen molar-refractivity contribution in [2.75, 3.05) is 13.6 Å². The molecule has 0 aromatic heterocycles. The highest BCUT2D eigenvalue weighted by Gasteiger charge is 2.31. The minimum atomic E-state index is -0.516. The third-order valence-corrected chi connectivity index (χ3v) is 2.86. The lowest BCUT2D eigenvalue weighted by atomic mass is 10.1. The van der Waals surface area contributed by atoms with Crippen LogP contribution in [0, 0.1) is 0 Å². The minimum Gasteiger partial charge on any atom is -0.390 e. The summed E-state index contributed by atoms with van der Waals surface area (Å²) in [6.07, 6.45) is 0.0962. The number of nitrogens with one attached hydrogen (secondary N) is 2. The SMILES string of the molecule is CNCC(=O)N[C@H]1c2ccccc2C[C@H]1O.Cl. The third kappa shape index (κ3) is 2.97. The van der Waals surface area contributed by atoms with Crippen molar-refractivity contribution in [1.82, 2.24) is 10.6 Å². The van der Waals surface area contributed by atoms with E-state index in [1.54, 1.807) is 7.05 Å². The molecular formula is C12H17ClN2O2. The Morgan fingerprint density at radius 2 is 2.18 bits per heavy atom. The number of aliphatic hydroxyl groups is 1. The van der Waals surface area contributed by atoms with Gasteiger partial charge in [0.15, 0.2) is 0 Å². The van der Waals surface area contributed by atoms with Gasteiger partial charge in [-0.25, -0.2) is 0 Å². The summed E-state index contributed by atoms with van der Waals surface area (Å²) in [4.78, 5) is 11.5. The van der Waals surface area contributed by atoms with Crippen LogP contribution in [-0.4, -0.2) is 30.7 Å². The molecule has 0 bridgehead atoms.